The van der Waals surface area contributed by atoms with Gasteiger partial charge in [-0.2, -0.15) is 5.26 Å². The van der Waals surface area contributed by atoms with Crippen molar-refractivity contribution in [3.8, 4) is 6.07 Å². The van der Waals surface area contributed by atoms with E-state index in [1.54, 1.807) is 19.2 Å². The summed E-state index contributed by atoms with van der Waals surface area (Å²) in [6.45, 7) is 2.34. The quantitative estimate of drug-likeness (QED) is 0.647. The minimum absolute atomic E-state index is 0.0819. The number of rotatable bonds is 7. The SMILES string of the molecule is Cc1ccn(C(CC2CC2)C(=O)NC(C#N)C[C@@H]2CCNC2=O)c(=O)c1N. The van der Waals surface area contributed by atoms with Crippen LogP contribution in [0.4, 0.5) is 5.69 Å². The second kappa shape index (κ2) is 7.82. The third kappa shape index (κ3) is 4.30. The maximum Gasteiger partial charge on any atom is 0.274 e. The standard InChI is InChI=1S/C19H25N5O3/c1-11-5-7-24(19(27)16(11)21)15(8-12-2-3-12)18(26)23-14(10-20)9-13-4-6-22-17(13)25/h5,7,12-15H,2-4,6,8-9,21H2,1H3,(H,22,25)(H,23,26)/t13-,14?,15?/m0/s1. The molecule has 2 heterocycles. The first-order valence-corrected chi connectivity index (χ1v) is 9.35. The van der Waals surface area contributed by atoms with E-state index in [-0.39, 0.29) is 35.4 Å². The summed E-state index contributed by atoms with van der Waals surface area (Å²) in [5.74, 6) is -0.329. The fraction of sp³-hybridized carbons (Fsp3) is 0.579. The number of aryl methyl sites for hydroxylation is 1. The highest BCUT2D eigenvalue weighted by Crippen LogP contribution is 2.36. The van der Waals surface area contributed by atoms with Gasteiger partial charge in [0.1, 0.15) is 17.8 Å². The number of carbonyl (C=O) groups is 2. The van der Waals surface area contributed by atoms with Gasteiger partial charge in [0, 0.05) is 18.7 Å². The molecule has 3 rings (SSSR count). The molecule has 1 aromatic heterocycles. The van der Waals surface area contributed by atoms with E-state index in [2.05, 4.69) is 16.7 Å². The van der Waals surface area contributed by atoms with Gasteiger partial charge in [0.05, 0.1) is 6.07 Å². The average molecular weight is 371 g/mol. The lowest BCUT2D eigenvalue weighted by Gasteiger charge is -2.22. The Labute approximate surface area is 157 Å². The van der Waals surface area contributed by atoms with Crippen molar-refractivity contribution < 1.29 is 9.59 Å². The number of nitrogens with one attached hydrogen (secondary N) is 2. The van der Waals surface area contributed by atoms with Gasteiger partial charge in [0.15, 0.2) is 0 Å². The molecule has 1 aromatic rings. The second-order valence-corrected chi connectivity index (χ2v) is 7.52. The molecule has 1 saturated carbocycles. The highest BCUT2D eigenvalue weighted by molar-refractivity contribution is 5.82. The molecule has 3 atom stereocenters. The summed E-state index contributed by atoms with van der Waals surface area (Å²) in [6.07, 6.45) is 5.12. The van der Waals surface area contributed by atoms with E-state index in [1.165, 1.54) is 4.57 Å². The van der Waals surface area contributed by atoms with Gasteiger partial charge in [-0.25, -0.2) is 0 Å². The van der Waals surface area contributed by atoms with Gasteiger partial charge in [0.2, 0.25) is 11.8 Å². The van der Waals surface area contributed by atoms with Crippen LogP contribution in [-0.2, 0) is 9.59 Å². The lowest BCUT2D eigenvalue weighted by Crippen LogP contribution is -2.43. The molecular weight excluding hydrogens is 346 g/mol. The summed E-state index contributed by atoms with van der Waals surface area (Å²) in [4.78, 5) is 37.2. The average Bonchev–Trinajstić information content (AvgIpc) is 3.39. The molecular formula is C19H25N5O3. The molecule has 2 aliphatic rings. The van der Waals surface area contributed by atoms with Crippen LogP contribution in [0.15, 0.2) is 17.1 Å². The number of anilines is 1. The van der Waals surface area contributed by atoms with Crippen molar-refractivity contribution >= 4 is 17.5 Å². The number of pyridine rings is 1. The minimum atomic E-state index is -0.772. The van der Waals surface area contributed by atoms with Gasteiger partial charge in [-0.15, -0.1) is 0 Å². The van der Waals surface area contributed by atoms with Crippen LogP contribution in [0.5, 0.6) is 0 Å². The van der Waals surface area contributed by atoms with Gasteiger partial charge in [-0.05, 0) is 43.7 Å². The molecule has 1 aliphatic carbocycles. The molecule has 2 amide bonds. The van der Waals surface area contributed by atoms with Crippen LogP contribution < -0.4 is 21.9 Å². The minimum Gasteiger partial charge on any atom is -0.394 e. The third-order valence-corrected chi connectivity index (χ3v) is 5.42. The Bertz CT molecular complexity index is 837. The summed E-state index contributed by atoms with van der Waals surface area (Å²) in [5, 5.41) is 14.9. The highest BCUT2D eigenvalue weighted by Gasteiger charge is 2.33. The molecule has 2 fully saturated rings. The zero-order valence-electron chi connectivity index (χ0n) is 15.4. The normalized spacial score (nSPS) is 21.2. The summed E-state index contributed by atoms with van der Waals surface area (Å²) in [5.41, 5.74) is 6.27. The number of nitrogens with two attached hydrogens (primary N) is 1. The van der Waals surface area contributed by atoms with Crippen molar-refractivity contribution in [3.63, 3.8) is 0 Å². The van der Waals surface area contributed by atoms with Crippen LogP contribution in [0, 0.1) is 30.1 Å². The fourth-order valence-electron chi connectivity index (χ4n) is 3.49. The van der Waals surface area contributed by atoms with E-state index < -0.39 is 12.1 Å². The van der Waals surface area contributed by atoms with Gasteiger partial charge < -0.3 is 20.9 Å². The van der Waals surface area contributed by atoms with Gasteiger partial charge in [-0.3, -0.25) is 14.4 Å². The lowest BCUT2D eigenvalue weighted by molar-refractivity contribution is -0.126. The van der Waals surface area contributed by atoms with E-state index in [9.17, 15) is 19.6 Å². The number of nitriles is 1. The van der Waals surface area contributed by atoms with E-state index in [0.29, 0.717) is 30.9 Å². The molecule has 0 spiro atoms. The molecule has 0 bridgehead atoms. The maximum absolute atomic E-state index is 12.9. The first-order valence-electron chi connectivity index (χ1n) is 9.35. The molecule has 27 heavy (non-hydrogen) atoms. The number of aromatic nitrogens is 1. The van der Waals surface area contributed by atoms with Gasteiger partial charge in [0.25, 0.3) is 5.56 Å². The van der Waals surface area contributed by atoms with E-state index in [4.69, 9.17) is 5.73 Å². The number of hydrogen-bond acceptors (Lipinski definition) is 5. The molecule has 8 nitrogen and oxygen atoms in total. The van der Waals surface area contributed by atoms with Crippen molar-refractivity contribution in [2.24, 2.45) is 11.8 Å². The Morgan fingerprint density at radius 1 is 1.41 bits per heavy atom. The predicted octanol–water partition coefficient (Wildman–Crippen LogP) is 0.615. The number of nitrogen functional groups attached to an aromatic ring is 1. The molecule has 0 radical (unpaired) electrons. The third-order valence-electron chi connectivity index (χ3n) is 5.42. The smallest absolute Gasteiger partial charge is 0.274 e. The monoisotopic (exact) mass is 371 g/mol. The van der Waals surface area contributed by atoms with Crippen molar-refractivity contribution in [1.29, 1.82) is 5.26 Å². The van der Waals surface area contributed by atoms with Crippen molar-refractivity contribution in [2.45, 2.75) is 51.1 Å². The largest absolute Gasteiger partial charge is 0.394 e. The fourth-order valence-corrected chi connectivity index (χ4v) is 3.49. The zero-order chi connectivity index (χ0) is 19.6. The molecule has 2 unspecified atom stereocenters. The Morgan fingerprint density at radius 3 is 2.74 bits per heavy atom. The van der Waals surface area contributed by atoms with E-state index >= 15 is 0 Å². The first-order chi connectivity index (χ1) is 12.9. The highest BCUT2D eigenvalue weighted by atomic mass is 16.2. The summed E-state index contributed by atoms with van der Waals surface area (Å²) < 4.78 is 1.37. The number of amides is 2. The van der Waals surface area contributed by atoms with Crippen LogP contribution in [0.1, 0.15) is 43.7 Å². The van der Waals surface area contributed by atoms with E-state index in [1.807, 2.05) is 0 Å². The number of hydrogen-bond donors (Lipinski definition) is 3. The first kappa shape index (κ1) is 19.0. The predicted molar refractivity (Wildman–Crippen MR) is 99.5 cm³/mol. The second-order valence-electron chi connectivity index (χ2n) is 7.52. The van der Waals surface area contributed by atoms with Gasteiger partial charge >= 0.3 is 0 Å². The van der Waals surface area contributed by atoms with Crippen LogP contribution in [0.2, 0.25) is 0 Å². The summed E-state index contributed by atoms with van der Waals surface area (Å²) >= 11 is 0. The van der Waals surface area contributed by atoms with E-state index in [0.717, 1.165) is 12.8 Å². The Hall–Kier alpha value is -2.82. The van der Waals surface area contributed by atoms with Crippen LogP contribution in [0.3, 0.4) is 0 Å². The van der Waals surface area contributed by atoms with Crippen LogP contribution in [-0.4, -0.2) is 29.0 Å². The summed E-state index contributed by atoms with van der Waals surface area (Å²) in [7, 11) is 0. The molecule has 8 heteroatoms. The number of carbonyl (C=O) groups excluding carboxylic acids is 2. The Balaban J connectivity index is 1.77. The molecule has 0 aromatic carbocycles. The number of nitrogens with zero attached hydrogens (tertiary/aromatic N) is 2. The van der Waals surface area contributed by atoms with Crippen molar-refractivity contribution in [1.82, 2.24) is 15.2 Å². The Kier molecular flexibility index (Phi) is 5.49. The molecule has 1 saturated heterocycles. The zero-order valence-corrected chi connectivity index (χ0v) is 15.4. The molecule has 1 aliphatic heterocycles. The van der Waals surface area contributed by atoms with Crippen LogP contribution in [0.25, 0.3) is 0 Å². The lowest BCUT2D eigenvalue weighted by atomic mass is 9.98. The topological polar surface area (TPSA) is 130 Å². The molecule has 144 valence electrons. The van der Waals surface area contributed by atoms with Crippen molar-refractivity contribution in [2.75, 3.05) is 12.3 Å². The van der Waals surface area contributed by atoms with Crippen molar-refractivity contribution in [3.05, 3.63) is 28.2 Å². The van der Waals surface area contributed by atoms with Gasteiger partial charge in [-0.1, -0.05) is 12.8 Å². The molecule has 4 N–H and O–H groups in total. The summed E-state index contributed by atoms with van der Waals surface area (Å²) in [6, 6.07) is 2.30. The van der Waals surface area contributed by atoms with Crippen LogP contribution >= 0.6 is 0 Å². The Morgan fingerprint density at radius 2 is 2.15 bits per heavy atom. The maximum atomic E-state index is 12.9.